The summed E-state index contributed by atoms with van der Waals surface area (Å²) in [6, 6.07) is 7.59. The fraction of sp³-hybridized carbons (Fsp3) is 0.417. The van der Waals surface area contributed by atoms with Gasteiger partial charge in [-0.05, 0) is 18.6 Å². The number of halogens is 1. The average molecular weight is 225 g/mol. The molecule has 0 heterocycles. The van der Waals surface area contributed by atoms with Gasteiger partial charge in [-0.3, -0.25) is 4.79 Å². The number of aliphatic carboxylic acids is 1. The summed E-state index contributed by atoms with van der Waals surface area (Å²) in [5.74, 6) is -0.863. The Balaban J connectivity index is 2.76. The molecule has 0 spiro atoms. The van der Waals surface area contributed by atoms with Crippen LogP contribution in [0.3, 0.4) is 0 Å². The molecule has 1 aromatic rings. The number of para-hydroxylation sites is 1. The number of nitrogens with zero attached hydrogens (tertiary/aromatic N) is 1. The van der Waals surface area contributed by atoms with Gasteiger partial charge in [-0.1, -0.05) is 18.2 Å². The first kappa shape index (κ1) is 12.5. The van der Waals surface area contributed by atoms with E-state index in [4.69, 9.17) is 5.11 Å². The second-order valence-electron chi connectivity index (χ2n) is 3.61. The molecule has 1 rings (SSSR count). The fourth-order valence-corrected chi connectivity index (χ4v) is 1.60. The minimum Gasteiger partial charge on any atom is -0.481 e. The highest BCUT2D eigenvalue weighted by atomic mass is 19.1. The summed E-state index contributed by atoms with van der Waals surface area (Å²) in [6.45, 7) is 2.03. The van der Waals surface area contributed by atoms with Gasteiger partial charge in [-0.2, -0.15) is 0 Å². The number of alkyl halides is 1. The zero-order valence-electron chi connectivity index (χ0n) is 9.32. The van der Waals surface area contributed by atoms with E-state index in [1.165, 1.54) is 0 Å². The molecule has 0 saturated heterocycles. The molecule has 0 atom stereocenters. The summed E-state index contributed by atoms with van der Waals surface area (Å²) in [5, 5.41) is 8.63. The number of carboxylic acids is 1. The fourth-order valence-electron chi connectivity index (χ4n) is 1.60. The highest BCUT2D eigenvalue weighted by Gasteiger charge is 2.10. The van der Waals surface area contributed by atoms with Gasteiger partial charge in [0, 0.05) is 18.8 Å². The van der Waals surface area contributed by atoms with Gasteiger partial charge in [-0.15, -0.1) is 0 Å². The molecule has 0 aliphatic rings. The van der Waals surface area contributed by atoms with Crippen LogP contribution >= 0.6 is 0 Å². The molecule has 0 fully saturated rings. The first-order chi connectivity index (χ1) is 7.65. The van der Waals surface area contributed by atoms with Crippen molar-refractivity contribution in [2.45, 2.75) is 13.3 Å². The van der Waals surface area contributed by atoms with Gasteiger partial charge >= 0.3 is 5.97 Å². The topological polar surface area (TPSA) is 40.5 Å². The number of carbonyl (C=O) groups is 1. The number of benzene rings is 1. The normalized spacial score (nSPS) is 10.1. The second-order valence-corrected chi connectivity index (χ2v) is 3.61. The van der Waals surface area contributed by atoms with Crippen molar-refractivity contribution >= 4 is 11.7 Å². The Labute approximate surface area is 94.5 Å². The molecular weight excluding hydrogens is 209 g/mol. The van der Waals surface area contributed by atoms with E-state index in [2.05, 4.69) is 0 Å². The van der Waals surface area contributed by atoms with Crippen LogP contribution in [0, 0.1) is 6.92 Å². The van der Waals surface area contributed by atoms with Crippen molar-refractivity contribution in [3.63, 3.8) is 0 Å². The summed E-state index contributed by atoms with van der Waals surface area (Å²) >= 11 is 0. The third-order valence-corrected chi connectivity index (χ3v) is 2.41. The van der Waals surface area contributed by atoms with Crippen molar-refractivity contribution in [1.82, 2.24) is 0 Å². The second kappa shape index (κ2) is 6.10. The largest absolute Gasteiger partial charge is 0.481 e. The lowest BCUT2D eigenvalue weighted by Gasteiger charge is -2.24. The van der Waals surface area contributed by atoms with E-state index in [0.29, 0.717) is 6.54 Å². The van der Waals surface area contributed by atoms with Crippen LogP contribution in [0.4, 0.5) is 10.1 Å². The van der Waals surface area contributed by atoms with E-state index in [1.54, 1.807) is 4.90 Å². The SMILES string of the molecule is Cc1ccccc1N(CCF)CCC(=O)O. The number of rotatable bonds is 6. The van der Waals surface area contributed by atoms with E-state index < -0.39 is 12.6 Å². The molecule has 88 valence electrons. The third kappa shape index (κ3) is 3.53. The zero-order chi connectivity index (χ0) is 12.0. The minimum atomic E-state index is -0.863. The molecule has 0 saturated carbocycles. The van der Waals surface area contributed by atoms with Gasteiger partial charge in [0.05, 0.1) is 6.42 Å². The molecule has 0 radical (unpaired) electrons. The maximum absolute atomic E-state index is 12.4. The third-order valence-electron chi connectivity index (χ3n) is 2.41. The Morgan fingerprint density at radius 2 is 2.06 bits per heavy atom. The maximum atomic E-state index is 12.4. The van der Waals surface area contributed by atoms with E-state index in [-0.39, 0.29) is 13.0 Å². The number of hydrogen-bond donors (Lipinski definition) is 1. The molecule has 0 bridgehead atoms. The summed E-state index contributed by atoms with van der Waals surface area (Å²) in [6.07, 6.45) is 0.0222. The van der Waals surface area contributed by atoms with Gasteiger partial charge in [0.1, 0.15) is 6.67 Å². The van der Waals surface area contributed by atoms with E-state index >= 15 is 0 Å². The van der Waals surface area contributed by atoms with Crippen molar-refractivity contribution in [1.29, 1.82) is 0 Å². The van der Waals surface area contributed by atoms with Crippen molar-refractivity contribution in [3.05, 3.63) is 29.8 Å². The first-order valence-electron chi connectivity index (χ1n) is 5.23. The lowest BCUT2D eigenvalue weighted by atomic mass is 10.1. The maximum Gasteiger partial charge on any atom is 0.305 e. The van der Waals surface area contributed by atoms with Crippen molar-refractivity contribution < 1.29 is 14.3 Å². The molecule has 0 aliphatic heterocycles. The van der Waals surface area contributed by atoms with Crippen LogP contribution < -0.4 is 4.90 Å². The molecule has 4 heteroatoms. The van der Waals surface area contributed by atoms with Crippen molar-refractivity contribution in [2.75, 3.05) is 24.7 Å². The molecule has 0 amide bonds. The standard InChI is InChI=1S/C12H16FNO2/c1-10-4-2-3-5-11(10)14(9-7-13)8-6-12(15)16/h2-5H,6-9H2,1H3,(H,15,16). The molecule has 0 unspecified atom stereocenters. The number of carboxylic acid groups (broad SMARTS) is 1. The van der Waals surface area contributed by atoms with Crippen LogP contribution in [-0.4, -0.2) is 30.8 Å². The quantitative estimate of drug-likeness (QED) is 0.807. The predicted octanol–water partition coefficient (Wildman–Crippen LogP) is 2.25. The molecular formula is C12H16FNO2. The van der Waals surface area contributed by atoms with Gasteiger partial charge in [0.15, 0.2) is 0 Å². The zero-order valence-corrected chi connectivity index (χ0v) is 9.32. The summed E-state index contributed by atoms with van der Waals surface area (Å²) in [4.78, 5) is 12.3. The highest BCUT2D eigenvalue weighted by Crippen LogP contribution is 2.19. The van der Waals surface area contributed by atoms with Gasteiger partial charge in [0.25, 0.3) is 0 Å². The van der Waals surface area contributed by atoms with Gasteiger partial charge in [0.2, 0.25) is 0 Å². The molecule has 1 aromatic carbocycles. The molecule has 1 N–H and O–H groups in total. The number of anilines is 1. The Morgan fingerprint density at radius 3 is 2.62 bits per heavy atom. The van der Waals surface area contributed by atoms with Crippen LogP contribution in [0.25, 0.3) is 0 Å². The van der Waals surface area contributed by atoms with Gasteiger partial charge < -0.3 is 10.0 Å². The smallest absolute Gasteiger partial charge is 0.305 e. The summed E-state index contributed by atoms with van der Waals surface area (Å²) in [7, 11) is 0. The lowest BCUT2D eigenvalue weighted by molar-refractivity contribution is -0.136. The Kier molecular flexibility index (Phi) is 4.76. The van der Waals surface area contributed by atoms with Crippen LogP contribution in [0.15, 0.2) is 24.3 Å². The number of hydrogen-bond acceptors (Lipinski definition) is 2. The Morgan fingerprint density at radius 1 is 1.38 bits per heavy atom. The molecule has 0 aliphatic carbocycles. The van der Waals surface area contributed by atoms with E-state index in [0.717, 1.165) is 11.3 Å². The molecule has 0 aromatic heterocycles. The Hall–Kier alpha value is -1.58. The molecule has 3 nitrogen and oxygen atoms in total. The van der Waals surface area contributed by atoms with Crippen molar-refractivity contribution in [2.24, 2.45) is 0 Å². The summed E-state index contributed by atoms with van der Waals surface area (Å²) < 4.78 is 12.4. The Bertz CT molecular complexity index is 355. The minimum absolute atomic E-state index is 0.0222. The van der Waals surface area contributed by atoms with Crippen LogP contribution in [-0.2, 0) is 4.79 Å². The summed E-state index contributed by atoms with van der Waals surface area (Å²) in [5.41, 5.74) is 1.93. The number of aryl methyl sites for hydroxylation is 1. The van der Waals surface area contributed by atoms with Crippen LogP contribution in [0.5, 0.6) is 0 Å². The van der Waals surface area contributed by atoms with Gasteiger partial charge in [-0.25, -0.2) is 4.39 Å². The average Bonchev–Trinajstić information content (AvgIpc) is 2.25. The van der Waals surface area contributed by atoms with E-state index in [1.807, 2.05) is 31.2 Å². The highest BCUT2D eigenvalue weighted by molar-refractivity contribution is 5.68. The van der Waals surface area contributed by atoms with Crippen LogP contribution in [0.1, 0.15) is 12.0 Å². The van der Waals surface area contributed by atoms with E-state index in [9.17, 15) is 9.18 Å². The molecule has 16 heavy (non-hydrogen) atoms. The van der Waals surface area contributed by atoms with Crippen molar-refractivity contribution in [3.8, 4) is 0 Å². The monoisotopic (exact) mass is 225 g/mol. The van der Waals surface area contributed by atoms with Crippen LogP contribution in [0.2, 0.25) is 0 Å². The first-order valence-corrected chi connectivity index (χ1v) is 5.23. The lowest BCUT2D eigenvalue weighted by Crippen LogP contribution is -2.28. The predicted molar refractivity (Wildman–Crippen MR) is 61.6 cm³/mol.